The highest BCUT2D eigenvalue weighted by molar-refractivity contribution is 6.02. The molecular weight excluding hydrogens is 388 g/mol. The molecule has 0 N–H and O–H groups in total. The lowest BCUT2D eigenvalue weighted by atomic mass is 9.93. The summed E-state index contributed by atoms with van der Waals surface area (Å²) in [6.45, 7) is 4.14. The summed E-state index contributed by atoms with van der Waals surface area (Å²) in [6.07, 6.45) is 12.9. The van der Waals surface area contributed by atoms with Crippen LogP contribution in [0, 0.1) is 0 Å². The summed E-state index contributed by atoms with van der Waals surface area (Å²) in [5, 5.41) is 0. The minimum Gasteiger partial charge on any atom is -0.336 e. The molecule has 1 aliphatic carbocycles. The van der Waals surface area contributed by atoms with Crippen molar-refractivity contribution >= 4 is 5.91 Å². The average Bonchev–Trinajstić information content (AvgIpc) is 2.85. The number of fused-ring (bicyclic) bond motifs is 1. The average molecular weight is 421 g/mol. The standard InChI is InChI=1S/C25H32N4O2/c30-23-17-21(19-7-6-11-26-18-19)24(22-10-4-5-12-29(22)23)25(31)28-15-13-27(14-16-28)20-8-2-1-3-9-20/h6-7,11,17-18,20H,1-5,8-10,12-16H2. The molecule has 2 fully saturated rings. The van der Waals surface area contributed by atoms with E-state index < -0.39 is 0 Å². The Labute approximate surface area is 183 Å². The largest absolute Gasteiger partial charge is 0.336 e. The molecule has 5 rings (SSSR count). The Hall–Kier alpha value is -2.47. The maximum absolute atomic E-state index is 13.8. The van der Waals surface area contributed by atoms with Crippen LogP contribution in [-0.2, 0) is 13.0 Å². The number of carbonyl (C=O) groups excluding carboxylic acids is 1. The number of rotatable bonds is 3. The maximum Gasteiger partial charge on any atom is 0.256 e. The van der Waals surface area contributed by atoms with Gasteiger partial charge in [0.1, 0.15) is 0 Å². The summed E-state index contributed by atoms with van der Waals surface area (Å²) in [7, 11) is 0. The molecule has 4 heterocycles. The molecule has 0 unspecified atom stereocenters. The van der Waals surface area contributed by atoms with E-state index in [9.17, 15) is 9.59 Å². The zero-order chi connectivity index (χ0) is 21.2. The van der Waals surface area contributed by atoms with E-state index in [1.54, 1.807) is 18.5 Å². The van der Waals surface area contributed by atoms with E-state index >= 15 is 0 Å². The quantitative estimate of drug-likeness (QED) is 0.764. The molecule has 1 saturated heterocycles. The van der Waals surface area contributed by atoms with Crippen LogP contribution in [0.1, 0.15) is 61.0 Å². The van der Waals surface area contributed by atoms with Crippen LogP contribution < -0.4 is 5.56 Å². The van der Waals surface area contributed by atoms with Crippen LogP contribution in [0.25, 0.3) is 11.1 Å². The molecule has 1 amide bonds. The van der Waals surface area contributed by atoms with Crippen LogP contribution >= 0.6 is 0 Å². The molecular formula is C25H32N4O2. The number of aromatic nitrogens is 2. The highest BCUT2D eigenvalue weighted by Crippen LogP contribution is 2.30. The van der Waals surface area contributed by atoms with Crippen molar-refractivity contribution in [3.63, 3.8) is 0 Å². The van der Waals surface area contributed by atoms with Gasteiger partial charge in [-0.3, -0.25) is 19.5 Å². The van der Waals surface area contributed by atoms with E-state index in [0.29, 0.717) is 12.6 Å². The third-order valence-corrected chi connectivity index (χ3v) is 7.34. The van der Waals surface area contributed by atoms with Gasteiger partial charge in [0.15, 0.2) is 0 Å². The number of piperazine rings is 1. The maximum atomic E-state index is 13.8. The van der Waals surface area contributed by atoms with Crippen LogP contribution in [0.4, 0.5) is 0 Å². The van der Waals surface area contributed by atoms with Gasteiger partial charge in [0.25, 0.3) is 11.5 Å². The fourth-order valence-electron chi connectivity index (χ4n) is 5.65. The Balaban J connectivity index is 1.45. The van der Waals surface area contributed by atoms with Crippen LogP contribution in [-0.4, -0.2) is 57.5 Å². The molecule has 2 aliphatic heterocycles. The second-order valence-electron chi connectivity index (χ2n) is 9.19. The molecule has 6 heteroatoms. The summed E-state index contributed by atoms with van der Waals surface area (Å²) >= 11 is 0. The summed E-state index contributed by atoms with van der Waals surface area (Å²) in [6, 6.07) is 6.15. The molecule has 6 nitrogen and oxygen atoms in total. The van der Waals surface area contributed by atoms with Gasteiger partial charge in [-0.25, -0.2) is 0 Å². The first-order chi connectivity index (χ1) is 15.2. The topological polar surface area (TPSA) is 58.4 Å². The van der Waals surface area contributed by atoms with Crippen LogP contribution in [0.2, 0.25) is 0 Å². The second-order valence-corrected chi connectivity index (χ2v) is 9.19. The molecule has 3 aliphatic rings. The van der Waals surface area contributed by atoms with Gasteiger partial charge < -0.3 is 9.47 Å². The van der Waals surface area contributed by atoms with Gasteiger partial charge in [0.2, 0.25) is 0 Å². The molecule has 0 atom stereocenters. The van der Waals surface area contributed by atoms with Crippen molar-refractivity contribution < 1.29 is 4.79 Å². The molecule has 0 aromatic carbocycles. The number of hydrogen-bond acceptors (Lipinski definition) is 4. The second kappa shape index (κ2) is 8.95. The summed E-state index contributed by atoms with van der Waals surface area (Å²) < 4.78 is 1.83. The van der Waals surface area contributed by atoms with Crippen LogP contribution in [0.5, 0.6) is 0 Å². The van der Waals surface area contributed by atoms with Crippen molar-refractivity contribution in [3.8, 4) is 11.1 Å². The normalized spacial score (nSPS) is 20.5. The monoisotopic (exact) mass is 420 g/mol. The van der Waals surface area contributed by atoms with E-state index in [1.165, 1.54) is 32.1 Å². The molecule has 0 spiro atoms. The van der Waals surface area contributed by atoms with Gasteiger partial charge in [-0.15, -0.1) is 0 Å². The molecule has 164 valence electrons. The zero-order valence-electron chi connectivity index (χ0n) is 18.3. The lowest BCUT2D eigenvalue weighted by Crippen LogP contribution is -2.52. The van der Waals surface area contributed by atoms with Gasteiger partial charge >= 0.3 is 0 Å². The Morgan fingerprint density at radius 1 is 0.968 bits per heavy atom. The Bertz CT molecular complexity index is 987. The van der Waals surface area contributed by atoms with E-state index in [0.717, 1.165) is 67.8 Å². The van der Waals surface area contributed by atoms with Crippen molar-refractivity contribution in [3.05, 3.63) is 52.2 Å². The first kappa shape index (κ1) is 20.4. The van der Waals surface area contributed by atoms with Gasteiger partial charge in [-0.2, -0.15) is 0 Å². The number of nitrogens with zero attached hydrogens (tertiary/aromatic N) is 4. The van der Waals surface area contributed by atoms with Gasteiger partial charge in [-0.1, -0.05) is 25.3 Å². The minimum absolute atomic E-state index is 0.00720. The Kier molecular flexibility index (Phi) is 5.90. The predicted octanol–water partition coefficient (Wildman–Crippen LogP) is 3.34. The van der Waals surface area contributed by atoms with E-state index in [-0.39, 0.29) is 11.5 Å². The van der Waals surface area contributed by atoms with Crippen LogP contribution in [0.3, 0.4) is 0 Å². The third-order valence-electron chi connectivity index (χ3n) is 7.34. The summed E-state index contributed by atoms with van der Waals surface area (Å²) in [5.41, 5.74) is 3.21. The molecule has 2 aromatic heterocycles. The lowest BCUT2D eigenvalue weighted by Gasteiger charge is -2.41. The van der Waals surface area contributed by atoms with Crippen molar-refractivity contribution in [1.82, 2.24) is 19.4 Å². The predicted molar refractivity (Wildman–Crippen MR) is 121 cm³/mol. The van der Waals surface area contributed by atoms with E-state index in [4.69, 9.17) is 0 Å². The van der Waals surface area contributed by atoms with Crippen LogP contribution in [0.15, 0.2) is 35.4 Å². The van der Waals surface area contributed by atoms with Crippen molar-refractivity contribution in [1.29, 1.82) is 0 Å². The van der Waals surface area contributed by atoms with Gasteiger partial charge in [0.05, 0.1) is 5.56 Å². The van der Waals surface area contributed by atoms with Gasteiger partial charge in [0, 0.05) is 74.0 Å². The fourth-order valence-corrected chi connectivity index (χ4v) is 5.65. The Morgan fingerprint density at radius 3 is 2.52 bits per heavy atom. The molecule has 0 bridgehead atoms. The minimum atomic E-state index is -0.00720. The molecule has 31 heavy (non-hydrogen) atoms. The number of carbonyl (C=O) groups is 1. The zero-order valence-corrected chi connectivity index (χ0v) is 18.3. The SMILES string of the molecule is O=C(c1c(-c2cccnc2)cc(=O)n2c1CCCC2)N1CCN(C2CCCCC2)CC1. The fraction of sp³-hybridized carbons (Fsp3) is 0.560. The first-order valence-electron chi connectivity index (χ1n) is 11.9. The number of hydrogen-bond donors (Lipinski definition) is 0. The molecule has 1 saturated carbocycles. The summed E-state index contributed by atoms with van der Waals surface area (Å²) in [5.74, 6) is 0.0767. The smallest absolute Gasteiger partial charge is 0.256 e. The molecule has 2 aromatic rings. The van der Waals surface area contributed by atoms with E-state index in [2.05, 4.69) is 9.88 Å². The number of amides is 1. The summed E-state index contributed by atoms with van der Waals surface area (Å²) in [4.78, 5) is 35.5. The lowest BCUT2D eigenvalue weighted by molar-refractivity contribution is 0.0521. The van der Waals surface area contributed by atoms with Crippen molar-refractivity contribution in [2.24, 2.45) is 0 Å². The Morgan fingerprint density at radius 2 is 1.77 bits per heavy atom. The first-order valence-corrected chi connectivity index (χ1v) is 11.9. The highest BCUT2D eigenvalue weighted by Gasteiger charge is 2.31. The molecule has 0 radical (unpaired) electrons. The third kappa shape index (κ3) is 4.05. The number of pyridine rings is 2. The highest BCUT2D eigenvalue weighted by atomic mass is 16.2. The van der Waals surface area contributed by atoms with Crippen molar-refractivity contribution in [2.45, 2.75) is 64.0 Å². The van der Waals surface area contributed by atoms with E-state index in [1.807, 2.05) is 21.6 Å². The van der Waals surface area contributed by atoms with Gasteiger partial charge in [-0.05, 0) is 38.2 Å². The van der Waals surface area contributed by atoms with Crippen molar-refractivity contribution in [2.75, 3.05) is 26.2 Å².